The van der Waals surface area contributed by atoms with Gasteiger partial charge in [0.2, 0.25) is 0 Å². The molecule has 0 aliphatic heterocycles. The first-order valence-electron chi connectivity index (χ1n) is 4.70. The van der Waals surface area contributed by atoms with Gasteiger partial charge in [-0.1, -0.05) is 28.1 Å². The summed E-state index contributed by atoms with van der Waals surface area (Å²) < 4.78 is 1.81. The van der Waals surface area contributed by atoms with E-state index in [0.717, 1.165) is 17.8 Å². The molecule has 1 unspecified atom stereocenters. The molecule has 15 heavy (non-hydrogen) atoms. The number of aromatic nitrogens is 4. The molecule has 80 valence electrons. The largest absolute Gasteiger partial charge is 0.248 e. The number of nitrogens with zero attached hydrogens (tertiary/aromatic N) is 4. The maximum Gasteiger partial charge on any atom is 0.0963 e. The lowest BCUT2D eigenvalue weighted by atomic mass is 10.3. The maximum absolute atomic E-state index is 4.20. The van der Waals surface area contributed by atoms with E-state index in [2.05, 4.69) is 38.1 Å². The topological polar surface area (TPSA) is 43.6 Å². The van der Waals surface area contributed by atoms with Gasteiger partial charge >= 0.3 is 0 Å². The van der Waals surface area contributed by atoms with Crippen LogP contribution in [0.2, 0.25) is 0 Å². The van der Waals surface area contributed by atoms with Crippen LogP contribution in [0.3, 0.4) is 0 Å². The van der Waals surface area contributed by atoms with Crippen LogP contribution >= 0.6 is 27.3 Å². The summed E-state index contributed by atoms with van der Waals surface area (Å²) in [4.78, 5) is 4.50. The summed E-state index contributed by atoms with van der Waals surface area (Å²) >= 11 is 5.14. The van der Waals surface area contributed by atoms with Crippen molar-refractivity contribution in [2.24, 2.45) is 0 Å². The minimum atomic E-state index is 0.293. The highest BCUT2D eigenvalue weighted by Gasteiger charge is 2.09. The number of rotatable bonds is 4. The molecule has 1 atom stereocenters. The van der Waals surface area contributed by atoms with E-state index in [1.54, 1.807) is 11.3 Å². The molecule has 0 N–H and O–H groups in total. The molecule has 0 bridgehead atoms. The van der Waals surface area contributed by atoms with Gasteiger partial charge in [0.1, 0.15) is 0 Å². The number of hydrogen-bond donors (Lipinski definition) is 0. The molecular formula is C9H11BrN4S. The standard InChI is InChI=1S/C9H11BrN4S/c1-2-8(10)9-4-14(13-12-9)3-7-5-15-6-11-7/h4-6,8H,2-3H2,1H3. The Labute approximate surface area is 100 Å². The van der Waals surface area contributed by atoms with E-state index in [1.807, 2.05) is 21.8 Å². The zero-order chi connectivity index (χ0) is 10.7. The Hall–Kier alpha value is -0.750. The summed E-state index contributed by atoms with van der Waals surface area (Å²) in [7, 11) is 0. The molecule has 0 saturated carbocycles. The summed E-state index contributed by atoms with van der Waals surface area (Å²) in [5.74, 6) is 0. The summed E-state index contributed by atoms with van der Waals surface area (Å²) in [5, 5.41) is 10.2. The minimum absolute atomic E-state index is 0.293. The molecule has 2 rings (SSSR count). The SMILES string of the molecule is CCC(Br)c1cn(Cc2cscn2)nn1. The van der Waals surface area contributed by atoms with Gasteiger partial charge in [0, 0.05) is 5.38 Å². The second kappa shape index (κ2) is 4.85. The van der Waals surface area contributed by atoms with E-state index < -0.39 is 0 Å². The van der Waals surface area contributed by atoms with E-state index in [0.29, 0.717) is 11.4 Å². The van der Waals surface area contributed by atoms with Crippen molar-refractivity contribution < 1.29 is 0 Å². The monoisotopic (exact) mass is 286 g/mol. The fourth-order valence-electron chi connectivity index (χ4n) is 1.22. The van der Waals surface area contributed by atoms with Crippen LogP contribution < -0.4 is 0 Å². The lowest BCUT2D eigenvalue weighted by molar-refractivity contribution is 0.640. The normalized spacial score (nSPS) is 12.9. The summed E-state index contributed by atoms with van der Waals surface area (Å²) in [6, 6.07) is 0. The van der Waals surface area contributed by atoms with Gasteiger partial charge in [-0.05, 0) is 6.42 Å². The third-order valence-corrected chi connectivity index (χ3v) is 3.80. The highest BCUT2D eigenvalue weighted by molar-refractivity contribution is 9.09. The Morgan fingerprint density at radius 2 is 2.47 bits per heavy atom. The van der Waals surface area contributed by atoms with Gasteiger partial charge in [-0.2, -0.15) is 0 Å². The smallest absolute Gasteiger partial charge is 0.0963 e. The van der Waals surface area contributed by atoms with E-state index >= 15 is 0 Å². The van der Waals surface area contributed by atoms with E-state index in [4.69, 9.17) is 0 Å². The predicted octanol–water partition coefficient (Wildman–Crippen LogP) is 2.63. The molecule has 6 heteroatoms. The van der Waals surface area contributed by atoms with Crippen LogP contribution in [0.4, 0.5) is 0 Å². The number of alkyl halides is 1. The van der Waals surface area contributed by atoms with Gasteiger partial charge in [-0.25, -0.2) is 9.67 Å². The minimum Gasteiger partial charge on any atom is -0.248 e. The zero-order valence-electron chi connectivity index (χ0n) is 8.30. The Kier molecular flexibility index (Phi) is 3.48. The van der Waals surface area contributed by atoms with Crippen molar-refractivity contribution in [3.8, 4) is 0 Å². The van der Waals surface area contributed by atoms with Crippen molar-refractivity contribution in [3.63, 3.8) is 0 Å². The lowest BCUT2D eigenvalue weighted by Gasteiger charge is -1.99. The molecule has 0 saturated heterocycles. The van der Waals surface area contributed by atoms with E-state index in [9.17, 15) is 0 Å². The van der Waals surface area contributed by atoms with Crippen LogP contribution in [-0.2, 0) is 6.54 Å². The first-order valence-corrected chi connectivity index (χ1v) is 6.56. The average Bonchev–Trinajstić information content (AvgIpc) is 2.88. The van der Waals surface area contributed by atoms with Crippen molar-refractivity contribution in [1.29, 1.82) is 0 Å². The van der Waals surface area contributed by atoms with Gasteiger partial charge in [-0.3, -0.25) is 0 Å². The van der Waals surface area contributed by atoms with Crippen LogP contribution in [0.15, 0.2) is 17.1 Å². The molecule has 2 aromatic heterocycles. The molecule has 2 aromatic rings. The summed E-state index contributed by atoms with van der Waals surface area (Å²) in [6.07, 6.45) is 2.97. The van der Waals surface area contributed by atoms with Crippen molar-refractivity contribution in [2.75, 3.05) is 0 Å². The van der Waals surface area contributed by atoms with Crippen LogP contribution in [0.25, 0.3) is 0 Å². The zero-order valence-corrected chi connectivity index (χ0v) is 10.7. The Balaban J connectivity index is 2.07. The summed E-state index contributed by atoms with van der Waals surface area (Å²) in [5.41, 5.74) is 3.83. The molecule has 2 heterocycles. The third kappa shape index (κ3) is 2.63. The van der Waals surface area contributed by atoms with Crippen LogP contribution in [-0.4, -0.2) is 20.0 Å². The predicted molar refractivity (Wildman–Crippen MR) is 63.2 cm³/mol. The number of halogens is 1. The Morgan fingerprint density at radius 1 is 1.60 bits per heavy atom. The molecule has 0 aromatic carbocycles. The fraction of sp³-hybridized carbons (Fsp3) is 0.444. The highest BCUT2D eigenvalue weighted by Crippen LogP contribution is 2.23. The van der Waals surface area contributed by atoms with Gasteiger partial charge in [0.25, 0.3) is 0 Å². The molecular weight excluding hydrogens is 276 g/mol. The molecule has 0 amide bonds. The third-order valence-electron chi connectivity index (χ3n) is 2.04. The first-order chi connectivity index (χ1) is 7.29. The van der Waals surface area contributed by atoms with Gasteiger partial charge in [0.05, 0.1) is 34.5 Å². The van der Waals surface area contributed by atoms with Crippen molar-refractivity contribution in [2.45, 2.75) is 24.7 Å². The maximum atomic E-state index is 4.20. The Morgan fingerprint density at radius 3 is 3.13 bits per heavy atom. The Bertz CT molecular complexity index is 411. The molecule has 0 radical (unpaired) electrons. The molecule has 0 fully saturated rings. The molecule has 0 aliphatic rings. The second-order valence-electron chi connectivity index (χ2n) is 3.20. The first kappa shape index (κ1) is 10.8. The molecule has 0 spiro atoms. The number of hydrogen-bond acceptors (Lipinski definition) is 4. The van der Waals surface area contributed by atoms with E-state index in [1.165, 1.54) is 0 Å². The van der Waals surface area contributed by atoms with Crippen molar-refractivity contribution >= 4 is 27.3 Å². The van der Waals surface area contributed by atoms with Crippen LogP contribution in [0.1, 0.15) is 29.6 Å². The van der Waals surface area contributed by atoms with Gasteiger partial charge in [-0.15, -0.1) is 16.4 Å². The highest BCUT2D eigenvalue weighted by atomic mass is 79.9. The molecule has 4 nitrogen and oxygen atoms in total. The van der Waals surface area contributed by atoms with Crippen LogP contribution in [0, 0.1) is 0 Å². The lowest BCUT2D eigenvalue weighted by Crippen LogP contribution is -2.00. The van der Waals surface area contributed by atoms with Crippen molar-refractivity contribution in [1.82, 2.24) is 20.0 Å². The second-order valence-corrected chi connectivity index (χ2v) is 5.02. The fourth-order valence-corrected chi connectivity index (χ4v) is 1.98. The van der Waals surface area contributed by atoms with Gasteiger partial charge < -0.3 is 0 Å². The quantitative estimate of drug-likeness (QED) is 0.812. The van der Waals surface area contributed by atoms with Crippen LogP contribution in [0.5, 0.6) is 0 Å². The average molecular weight is 287 g/mol. The van der Waals surface area contributed by atoms with Gasteiger partial charge in [0.15, 0.2) is 0 Å². The van der Waals surface area contributed by atoms with E-state index in [-0.39, 0.29) is 0 Å². The number of thiazole rings is 1. The summed E-state index contributed by atoms with van der Waals surface area (Å²) in [6.45, 7) is 2.80. The molecule has 0 aliphatic carbocycles. The van der Waals surface area contributed by atoms with Crippen molar-refractivity contribution in [3.05, 3.63) is 28.5 Å².